The Labute approximate surface area is 88.7 Å². The molecule has 1 atom stereocenters. The van der Waals surface area contributed by atoms with E-state index < -0.39 is 15.9 Å². The maximum Gasteiger partial charge on any atom is 0.286 e. The lowest BCUT2D eigenvalue weighted by atomic mass is 10.3. The quantitative estimate of drug-likeness (QED) is 0.558. The number of hydrogen-bond acceptors (Lipinski definition) is 4. The summed E-state index contributed by atoms with van der Waals surface area (Å²) in [7, 11) is -1.67. The van der Waals surface area contributed by atoms with Crippen LogP contribution in [0.4, 0.5) is 5.69 Å². The van der Waals surface area contributed by atoms with Crippen molar-refractivity contribution in [3.63, 3.8) is 0 Å². The van der Waals surface area contributed by atoms with E-state index in [1.807, 2.05) is 0 Å². The largest absolute Gasteiger partial charge is 0.395 e. The highest BCUT2D eigenvalue weighted by Crippen LogP contribution is 2.19. The standard InChI is InChI=1S/C8H10N2O4S/c11-6-5-9-15(14)8-4-2-1-3-7(8)10(12)13/h1-4,9,11H,5-6H2. The molecule has 0 saturated carbocycles. The average molecular weight is 230 g/mol. The highest BCUT2D eigenvalue weighted by Gasteiger charge is 2.17. The Morgan fingerprint density at radius 1 is 1.47 bits per heavy atom. The number of hydrogen-bond donors (Lipinski definition) is 2. The number of nitrogens with zero attached hydrogens (tertiary/aromatic N) is 1. The van der Waals surface area contributed by atoms with E-state index in [4.69, 9.17) is 5.11 Å². The van der Waals surface area contributed by atoms with Crippen molar-refractivity contribution >= 4 is 16.7 Å². The molecule has 0 aliphatic carbocycles. The number of nitro groups is 1. The van der Waals surface area contributed by atoms with Crippen molar-refractivity contribution in [2.75, 3.05) is 13.2 Å². The van der Waals surface area contributed by atoms with Crippen molar-refractivity contribution in [3.8, 4) is 0 Å². The zero-order valence-electron chi connectivity index (χ0n) is 7.75. The van der Waals surface area contributed by atoms with Crippen molar-refractivity contribution in [1.29, 1.82) is 0 Å². The SMILES string of the molecule is O=[N+]([O-])c1ccccc1S(=O)NCCO. The van der Waals surface area contributed by atoms with E-state index in [2.05, 4.69) is 4.72 Å². The zero-order chi connectivity index (χ0) is 11.3. The molecule has 0 aliphatic heterocycles. The number of nitro benzene ring substituents is 1. The van der Waals surface area contributed by atoms with Crippen molar-refractivity contribution in [3.05, 3.63) is 34.4 Å². The van der Waals surface area contributed by atoms with E-state index in [1.165, 1.54) is 18.2 Å². The molecule has 1 unspecified atom stereocenters. The third-order valence-electron chi connectivity index (χ3n) is 1.61. The van der Waals surface area contributed by atoms with Crippen molar-refractivity contribution in [2.45, 2.75) is 4.90 Å². The van der Waals surface area contributed by atoms with Crippen molar-refractivity contribution in [1.82, 2.24) is 4.72 Å². The highest BCUT2D eigenvalue weighted by molar-refractivity contribution is 7.83. The summed E-state index contributed by atoms with van der Waals surface area (Å²) in [5, 5.41) is 19.1. The Morgan fingerprint density at radius 2 is 2.13 bits per heavy atom. The summed E-state index contributed by atoms with van der Waals surface area (Å²) < 4.78 is 14.0. The molecule has 1 aromatic rings. The molecule has 0 radical (unpaired) electrons. The van der Waals surface area contributed by atoms with Gasteiger partial charge in [0.05, 0.1) is 11.5 Å². The van der Waals surface area contributed by atoms with Gasteiger partial charge in [0, 0.05) is 12.6 Å². The average Bonchev–Trinajstić information content (AvgIpc) is 2.25. The van der Waals surface area contributed by atoms with Gasteiger partial charge in [-0.15, -0.1) is 0 Å². The molecule has 1 rings (SSSR count). The van der Waals surface area contributed by atoms with Crippen LogP contribution in [0.3, 0.4) is 0 Å². The molecule has 82 valence electrons. The summed E-state index contributed by atoms with van der Waals surface area (Å²) in [6.45, 7) is -0.0506. The molecule has 0 aliphatic rings. The Balaban J connectivity index is 2.92. The summed E-state index contributed by atoms with van der Waals surface area (Å²) in [4.78, 5) is 10.1. The Kier molecular flexibility index (Phi) is 4.35. The first kappa shape index (κ1) is 11.8. The summed E-state index contributed by atoms with van der Waals surface area (Å²) in [6.07, 6.45) is 0. The zero-order valence-corrected chi connectivity index (χ0v) is 8.57. The number of benzene rings is 1. The van der Waals surface area contributed by atoms with Gasteiger partial charge in [-0.3, -0.25) is 10.1 Å². The fraction of sp³-hybridized carbons (Fsp3) is 0.250. The van der Waals surface area contributed by atoms with Crippen LogP contribution in [0, 0.1) is 10.1 Å². The second-order valence-electron chi connectivity index (χ2n) is 2.61. The number of nitrogens with one attached hydrogen (secondary N) is 1. The predicted octanol–water partition coefficient (Wildman–Crippen LogP) is 0.199. The summed E-state index contributed by atoms with van der Waals surface area (Å²) >= 11 is 0. The third-order valence-corrected chi connectivity index (χ3v) is 2.82. The molecule has 0 heterocycles. The van der Waals surface area contributed by atoms with E-state index in [9.17, 15) is 14.3 Å². The van der Waals surface area contributed by atoms with Gasteiger partial charge in [-0.25, -0.2) is 8.93 Å². The van der Waals surface area contributed by atoms with Crippen LogP contribution in [0.2, 0.25) is 0 Å². The first-order valence-electron chi connectivity index (χ1n) is 4.16. The molecule has 0 fully saturated rings. The molecular formula is C8H10N2O4S. The van der Waals surface area contributed by atoms with Gasteiger partial charge in [-0.1, -0.05) is 12.1 Å². The number of rotatable bonds is 5. The van der Waals surface area contributed by atoms with Gasteiger partial charge in [0.1, 0.15) is 15.9 Å². The minimum absolute atomic E-state index is 0.107. The van der Waals surface area contributed by atoms with Crippen LogP contribution in [0.15, 0.2) is 29.2 Å². The monoisotopic (exact) mass is 230 g/mol. The van der Waals surface area contributed by atoms with Gasteiger partial charge in [-0.05, 0) is 6.07 Å². The summed E-state index contributed by atoms with van der Waals surface area (Å²) in [5.41, 5.74) is -0.193. The van der Waals surface area contributed by atoms with E-state index in [0.717, 1.165) is 0 Å². The molecule has 0 bridgehead atoms. The van der Waals surface area contributed by atoms with E-state index in [0.29, 0.717) is 0 Å². The second-order valence-corrected chi connectivity index (χ2v) is 3.88. The van der Waals surface area contributed by atoms with Crippen molar-refractivity contribution < 1.29 is 14.2 Å². The first-order valence-corrected chi connectivity index (χ1v) is 5.31. The lowest BCUT2D eigenvalue weighted by molar-refractivity contribution is -0.387. The molecule has 0 spiro atoms. The number of aliphatic hydroxyl groups excluding tert-OH is 1. The molecule has 2 N–H and O–H groups in total. The van der Waals surface area contributed by atoms with E-state index in [-0.39, 0.29) is 23.7 Å². The van der Waals surface area contributed by atoms with Crippen LogP contribution in [0.1, 0.15) is 0 Å². The van der Waals surface area contributed by atoms with E-state index >= 15 is 0 Å². The molecule has 0 saturated heterocycles. The maximum atomic E-state index is 11.5. The fourth-order valence-electron chi connectivity index (χ4n) is 0.981. The fourth-order valence-corrected chi connectivity index (χ4v) is 1.95. The van der Waals surface area contributed by atoms with Gasteiger partial charge < -0.3 is 5.11 Å². The smallest absolute Gasteiger partial charge is 0.286 e. The Hall–Kier alpha value is -1.31. The summed E-state index contributed by atoms with van der Waals surface area (Å²) in [5.74, 6) is 0. The van der Waals surface area contributed by atoms with Crippen LogP contribution in [0.5, 0.6) is 0 Å². The lowest BCUT2D eigenvalue weighted by Gasteiger charge is -2.03. The molecular weight excluding hydrogens is 220 g/mol. The third kappa shape index (κ3) is 3.08. The van der Waals surface area contributed by atoms with Gasteiger partial charge in [-0.2, -0.15) is 0 Å². The van der Waals surface area contributed by atoms with Gasteiger partial charge >= 0.3 is 0 Å². The first-order chi connectivity index (χ1) is 7.16. The minimum atomic E-state index is -1.67. The van der Waals surface area contributed by atoms with Gasteiger partial charge in [0.2, 0.25) is 0 Å². The van der Waals surface area contributed by atoms with Gasteiger partial charge in [0.25, 0.3) is 5.69 Å². The maximum absolute atomic E-state index is 11.5. The van der Waals surface area contributed by atoms with Crippen LogP contribution in [-0.4, -0.2) is 27.4 Å². The van der Waals surface area contributed by atoms with Crippen LogP contribution in [0.25, 0.3) is 0 Å². The molecule has 0 amide bonds. The second kappa shape index (κ2) is 5.54. The number of para-hydroxylation sites is 1. The molecule has 0 aromatic heterocycles. The molecule has 6 nitrogen and oxygen atoms in total. The lowest BCUT2D eigenvalue weighted by Crippen LogP contribution is -2.21. The van der Waals surface area contributed by atoms with Gasteiger partial charge in [0.15, 0.2) is 0 Å². The molecule has 15 heavy (non-hydrogen) atoms. The molecule has 1 aromatic carbocycles. The molecule has 7 heteroatoms. The highest BCUT2D eigenvalue weighted by atomic mass is 32.2. The van der Waals surface area contributed by atoms with E-state index in [1.54, 1.807) is 6.07 Å². The van der Waals surface area contributed by atoms with Crippen LogP contribution < -0.4 is 4.72 Å². The Morgan fingerprint density at radius 3 is 2.73 bits per heavy atom. The minimum Gasteiger partial charge on any atom is -0.395 e. The van der Waals surface area contributed by atoms with Crippen molar-refractivity contribution in [2.24, 2.45) is 0 Å². The van der Waals surface area contributed by atoms with Crippen LogP contribution in [-0.2, 0) is 11.0 Å². The Bertz CT molecular complexity index is 383. The topological polar surface area (TPSA) is 92.5 Å². The normalized spacial score (nSPS) is 12.3. The summed E-state index contributed by atoms with van der Waals surface area (Å²) in [6, 6.07) is 5.78. The van der Waals surface area contributed by atoms with Crippen LogP contribution >= 0.6 is 0 Å². The predicted molar refractivity (Wildman–Crippen MR) is 54.6 cm³/mol. The number of aliphatic hydroxyl groups is 1.